The van der Waals surface area contributed by atoms with Gasteiger partial charge in [-0.25, -0.2) is 18.6 Å². The number of halogens is 2. The molecular weight excluding hydrogens is 270 g/mol. The van der Waals surface area contributed by atoms with Crippen LogP contribution in [0.15, 0.2) is 12.5 Å². The number of amides is 1. The molecule has 0 atom stereocenters. The van der Waals surface area contributed by atoms with Gasteiger partial charge in [-0.15, -0.1) is 0 Å². The number of rotatable bonds is 6. The van der Waals surface area contributed by atoms with Crippen molar-refractivity contribution in [2.24, 2.45) is 0 Å². The predicted molar refractivity (Wildman–Crippen MR) is 69.5 cm³/mol. The van der Waals surface area contributed by atoms with Crippen molar-refractivity contribution in [3.8, 4) is 0 Å². The van der Waals surface area contributed by atoms with Crippen LogP contribution in [0.25, 0.3) is 0 Å². The molecule has 0 aliphatic carbocycles. The Morgan fingerprint density at radius 2 is 2.10 bits per heavy atom. The van der Waals surface area contributed by atoms with E-state index in [2.05, 4.69) is 20.6 Å². The summed E-state index contributed by atoms with van der Waals surface area (Å²) in [5.74, 6) is -3.06. The van der Waals surface area contributed by atoms with E-state index < -0.39 is 30.7 Å². The molecule has 114 valence electrons. The Labute approximate surface area is 116 Å². The van der Waals surface area contributed by atoms with Crippen LogP contribution >= 0.6 is 0 Å². The lowest BCUT2D eigenvalue weighted by atomic mass is 10.2. The Morgan fingerprint density at radius 1 is 1.40 bits per heavy atom. The maximum Gasteiger partial charge on any atom is 0.407 e. The fourth-order valence-electron chi connectivity index (χ4n) is 1.34. The van der Waals surface area contributed by atoms with E-state index in [0.29, 0.717) is 5.69 Å². The van der Waals surface area contributed by atoms with Crippen molar-refractivity contribution in [2.45, 2.75) is 38.8 Å². The Bertz CT molecular complexity index is 416. The van der Waals surface area contributed by atoms with Crippen LogP contribution < -0.4 is 10.6 Å². The van der Waals surface area contributed by atoms with Crippen LogP contribution in [0, 0.1) is 0 Å². The average molecular weight is 290 g/mol. The van der Waals surface area contributed by atoms with Crippen molar-refractivity contribution in [3.05, 3.63) is 18.2 Å². The van der Waals surface area contributed by atoms with Crippen LogP contribution in [0.2, 0.25) is 0 Å². The number of nitrogens with zero attached hydrogens (tertiary/aromatic N) is 1. The molecule has 8 heteroatoms. The highest BCUT2D eigenvalue weighted by atomic mass is 19.3. The molecule has 1 aromatic rings. The summed E-state index contributed by atoms with van der Waals surface area (Å²) in [7, 11) is 0. The van der Waals surface area contributed by atoms with Gasteiger partial charge in [-0.2, -0.15) is 0 Å². The summed E-state index contributed by atoms with van der Waals surface area (Å²) in [5, 5.41) is 4.64. The number of aromatic amines is 1. The van der Waals surface area contributed by atoms with E-state index in [4.69, 9.17) is 4.74 Å². The van der Waals surface area contributed by atoms with Crippen molar-refractivity contribution in [1.29, 1.82) is 0 Å². The maximum atomic E-state index is 13.5. The highest BCUT2D eigenvalue weighted by molar-refractivity contribution is 5.67. The number of alkyl halides is 2. The van der Waals surface area contributed by atoms with Gasteiger partial charge in [0.25, 0.3) is 5.92 Å². The zero-order chi connectivity index (χ0) is 15.2. The second kappa shape index (κ2) is 6.65. The van der Waals surface area contributed by atoms with Crippen molar-refractivity contribution in [2.75, 3.05) is 13.1 Å². The van der Waals surface area contributed by atoms with Gasteiger partial charge in [0.1, 0.15) is 5.60 Å². The Morgan fingerprint density at radius 3 is 2.65 bits per heavy atom. The summed E-state index contributed by atoms with van der Waals surface area (Å²) in [6.45, 7) is 3.91. The number of alkyl carbamates (subject to hydrolysis) is 1. The zero-order valence-electron chi connectivity index (χ0n) is 11.8. The van der Waals surface area contributed by atoms with Crippen LogP contribution in [0.5, 0.6) is 0 Å². The lowest BCUT2D eigenvalue weighted by Gasteiger charge is -2.22. The first kappa shape index (κ1) is 16.4. The molecule has 0 spiro atoms. The zero-order valence-corrected chi connectivity index (χ0v) is 11.8. The lowest BCUT2D eigenvalue weighted by Crippen LogP contribution is -2.44. The summed E-state index contributed by atoms with van der Waals surface area (Å²) in [5.41, 5.74) is -0.000915. The third-order valence-electron chi connectivity index (χ3n) is 2.14. The minimum atomic E-state index is -3.06. The minimum Gasteiger partial charge on any atom is -0.444 e. The third-order valence-corrected chi connectivity index (χ3v) is 2.14. The van der Waals surface area contributed by atoms with E-state index in [1.165, 1.54) is 6.33 Å². The quantitative estimate of drug-likeness (QED) is 0.744. The Hall–Kier alpha value is -1.70. The van der Waals surface area contributed by atoms with Crippen LogP contribution in [0.1, 0.15) is 26.5 Å². The molecule has 0 unspecified atom stereocenters. The van der Waals surface area contributed by atoms with E-state index in [-0.39, 0.29) is 6.54 Å². The lowest BCUT2D eigenvalue weighted by molar-refractivity contribution is -0.00381. The number of ether oxygens (including phenoxy) is 1. The van der Waals surface area contributed by atoms with Gasteiger partial charge in [0.2, 0.25) is 0 Å². The fourth-order valence-corrected chi connectivity index (χ4v) is 1.34. The van der Waals surface area contributed by atoms with Gasteiger partial charge in [0.05, 0.1) is 19.4 Å². The molecule has 1 aromatic heterocycles. The van der Waals surface area contributed by atoms with Crippen molar-refractivity contribution >= 4 is 6.09 Å². The molecule has 0 fully saturated rings. The number of carbonyl (C=O) groups is 1. The highest BCUT2D eigenvalue weighted by Gasteiger charge is 2.30. The van der Waals surface area contributed by atoms with Crippen LogP contribution in [0.3, 0.4) is 0 Å². The van der Waals surface area contributed by atoms with Gasteiger partial charge in [-0.1, -0.05) is 0 Å². The molecule has 3 N–H and O–H groups in total. The Kier molecular flexibility index (Phi) is 5.43. The fraction of sp³-hybridized carbons (Fsp3) is 0.667. The number of hydrogen-bond donors (Lipinski definition) is 3. The van der Waals surface area contributed by atoms with Crippen LogP contribution in [0.4, 0.5) is 13.6 Å². The molecule has 1 heterocycles. The molecule has 1 amide bonds. The largest absolute Gasteiger partial charge is 0.444 e. The molecular formula is C12H20F2N4O2. The van der Waals surface area contributed by atoms with Gasteiger partial charge < -0.3 is 20.4 Å². The van der Waals surface area contributed by atoms with Crippen molar-refractivity contribution < 1.29 is 18.3 Å². The molecule has 0 saturated heterocycles. The molecule has 20 heavy (non-hydrogen) atoms. The topological polar surface area (TPSA) is 79.0 Å². The number of hydrogen-bond acceptors (Lipinski definition) is 4. The van der Waals surface area contributed by atoms with Crippen LogP contribution in [-0.4, -0.2) is 40.7 Å². The normalized spacial score (nSPS) is 12.2. The van der Waals surface area contributed by atoms with Crippen molar-refractivity contribution in [3.63, 3.8) is 0 Å². The van der Waals surface area contributed by atoms with Gasteiger partial charge in [0.15, 0.2) is 0 Å². The smallest absolute Gasteiger partial charge is 0.407 e. The number of nitrogens with one attached hydrogen (secondary N) is 3. The van der Waals surface area contributed by atoms with Gasteiger partial charge in [-0.3, -0.25) is 0 Å². The minimum absolute atomic E-state index is 0.252. The van der Waals surface area contributed by atoms with E-state index in [1.54, 1.807) is 27.0 Å². The van der Waals surface area contributed by atoms with E-state index in [0.717, 1.165) is 0 Å². The Balaban J connectivity index is 2.25. The number of H-pyrrole nitrogens is 1. The third kappa shape index (κ3) is 7.03. The molecule has 1 rings (SSSR count). The summed E-state index contributed by atoms with van der Waals surface area (Å²) >= 11 is 0. The first-order valence-electron chi connectivity index (χ1n) is 6.21. The first-order valence-corrected chi connectivity index (χ1v) is 6.21. The average Bonchev–Trinajstić information content (AvgIpc) is 2.77. The van der Waals surface area contributed by atoms with E-state index in [1.807, 2.05) is 0 Å². The first-order chi connectivity index (χ1) is 9.18. The predicted octanol–water partition coefficient (Wildman–Crippen LogP) is 1.66. The van der Waals surface area contributed by atoms with Gasteiger partial charge in [-0.05, 0) is 20.8 Å². The summed E-state index contributed by atoms with van der Waals surface area (Å²) in [6.07, 6.45) is 2.16. The SMILES string of the molecule is CC(C)(C)OC(=O)NCC(F)(F)CNCc1cnc[nH]1. The second-order valence-electron chi connectivity index (χ2n) is 5.39. The summed E-state index contributed by atoms with van der Waals surface area (Å²) in [6, 6.07) is 0. The maximum absolute atomic E-state index is 13.5. The molecule has 6 nitrogen and oxygen atoms in total. The summed E-state index contributed by atoms with van der Waals surface area (Å²) in [4.78, 5) is 17.8. The number of imidazole rings is 1. The van der Waals surface area contributed by atoms with Crippen LogP contribution in [-0.2, 0) is 11.3 Å². The molecule has 0 bridgehead atoms. The molecule has 0 aromatic carbocycles. The highest BCUT2D eigenvalue weighted by Crippen LogP contribution is 2.12. The summed E-state index contributed by atoms with van der Waals surface area (Å²) < 4.78 is 31.9. The number of carbonyl (C=O) groups excluding carboxylic acids is 1. The van der Waals surface area contributed by atoms with E-state index >= 15 is 0 Å². The molecule has 0 saturated carbocycles. The van der Waals surface area contributed by atoms with Crippen molar-refractivity contribution in [1.82, 2.24) is 20.6 Å². The second-order valence-corrected chi connectivity index (χ2v) is 5.39. The van der Waals surface area contributed by atoms with Gasteiger partial charge >= 0.3 is 6.09 Å². The monoisotopic (exact) mass is 290 g/mol. The molecule has 0 radical (unpaired) electrons. The molecule has 0 aliphatic heterocycles. The molecule has 0 aliphatic rings. The van der Waals surface area contributed by atoms with E-state index in [9.17, 15) is 13.6 Å². The number of aromatic nitrogens is 2. The van der Waals surface area contributed by atoms with Gasteiger partial charge in [0, 0.05) is 18.4 Å². The standard InChI is InChI=1S/C12H20F2N4O2/c1-11(2,3)20-10(19)17-7-12(13,14)6-15-4-9-5-16-8-18-9/h5,8,15H,4,6-7H2,1-3H3,(H,16,18)(H,17,19).